The molecule has 3 atom stereocenters. The molecule has 2 aliphatic heterocycles. The summed E-state index contributed by atoms with van der Waals surface area (Å²) in [5.41, 5.74) is 6.86. The molecule has 0 aliphatic carbocycles. The van der Waals surface area contributed by atoms with Crippen molar-refractivity contribution in [2.45, 2.75) is 31.1 Å². The van der Waals surface area contributed by atoms with Gasteiger partial charge in [-0.25, -0.2) is 4.39 Å². The van der Waals surface area contributed by atoms with Gasteiger partial charge in [-0.2, -0.15) is 0 Å². The van der Waals surface area contributed by atoms with Gasteiger partial charge in [-0.15, -0.1) is 0 Å². The van der Waals surface area contributed by atoms with Gasteiger partial charge in [0.15, 0.2) is 0 Å². The van der Waals surface area contributed by atoms with Crippen molar-refractivity contribution in [3.8, 4) is 0 Å². The van der Waals surface area contributed by atoms with Crippen molar-refractivity contribution in [1.82, 2.24) is 4.90 Å². The Labute approximate surface area is 107 Å². The average Bonchev–Trinajstić information content (AvgIpc) is 2.70. The van der Waals surface area contributed by atoms with Gasteiger partial charge in [-0.1, -0.05) is 12.1 Å². The first kappa shape index (κ1) is 12.1. The predicted octanol–water partition coefficient (Wildman–Crippen LogP) is 1.69. The Kier molecular flexibility index (Phi) is 3.33. The summed E-state index contributed by atoms with van der Waals surface area (Å²) in [7, 11) is 0. The van der Waals surface area contributed by atoms with Gasteiger partial charge in [-0.05, 0) is 30.5 Å². The monoisotopic (exact) mass is 250 g/mol. The first-order chi connectivity index (χ1) is 8.76. The maximum absolute atomic E-state index is 13.3. The predicted molar refractivity (Wildman–Crippen MR) is 67.7 cm³/mol. The van der Waals surface area contributed by atoms with Crippen LogP contribution in [0.2, 0.25) is 0 Å². The number of morpholine rings is 1. The van der Waals surface area contributed by atoms with Crippen molar-refractivity contribution in [3.05, 3.63) is 35.6 Å². The zero-order chi connectivity index (χ0) is 12.5. The van der Waals surface area contributed by atoms with E-state index in [0.29, 0.717) is 18.8 Å². The maximum Gasteiger partial charge on any atom is 0.123 e. The minimum atomic E-state index is -0.192. The van der Waals surface area contributed by atoms with E-state index < -0.39 is 0 Å². The van der Waals surface area contributed by atoms with Gasteiger partial charge < -0.3 is 10.5 Å². The van der Waals surface area contributed by atoms with Crippen molar-refractivity contribution in [1.29, 1.82) is 0 Å². The van der Waals surface area contributed by atoms with Crippen LogP contribution in [0.1, 0.15) is 24.4 Å². The van der Waals surface area contributed by atoms with Crippen LogP contribution in [0.25, 0.3) is 0 Å². The Morgan fingerprint density at radius 2 is 2.06 bits per heavy atom. The van der Waals surface area contributed by atoms with Crippen molar-refractivity contribution >= 4 is 0 Å². The highest BCUT2D eigenvalue weighted by molar-refractivity contribution is 5.21. The third-order valence-corrected chi connectivity index (χ3v) is 3.97. The minimum Gasteiger partial charge on any atom is -0.372 e. The lowest BCUT2D eigenvalue weighted by atomic mass is 10.0. The Balaban J connectivity index is 1.80. The van der Waals surface area contributed by atoms with E-state index in [4.69, 9.17) is 10.5 Å². The third-order valence-electron chi connectivity index (χ3n) is 3.97. The van der Waals surface area contributed by atoms with Crippen LogP contribution < -0.4 is 5.73 Å². The van der Waals surface area contributed by atoms with Crippen LogP contribution in [0.4, 0.5) is 4.39 Å². The van der Waals surface area contributed by atoms with E-state index in [9.17, 15) is 4.39 Å². The van der Waals surface area contributed by atoms with Gasteiger partial charge >= 0.3 is 0 Å². The first-order valence-electron chi connectivity index (χ1n) is 6.61. The van der Waals surface area contributed by atoms with Crippen molar-refractivity contribution < 1.29 is 9.13 Å². The van der Waals surface area contributed by atoms with Crippen LogP contribution in [-0.2, 0) is 4.74 Å². The summed E-state index contributed by atoms with van der Waals surface area (Å²) >= 11 is 0. The molecular formula is C14H19FN2O. The fourth-order valence-corrected chi connectivity index (χ4v) is 3.11. The number of rotatable bonds is 3. The number of fused-ring (bicyclic) bond motifs is 2. The van der Waals surface area contributed by atoms with Crippen LogP contribution >= 0.6 is 0 Å². The lowest BCUT2D eigenvalue weighted by molar-refractivity contribution is -0.0521. The number of benzene rings is 1. The van der Waals surface area contributed by atoms with E-state index >= 15 is 0 Å². The molecule has 4 heteroatoms. The van der Waals surface area contributed by atoms with E-state index in [0.717, 1.165) is 31.5 Å². The summed E-state index contributed by atoms with van der Waals surface area (Å²) in [6.45, 7) is 2.34. The number of nitrogens with two attached hydrogens (primary N) is 1. The highest BCUT2D eigenvalue weighted by atomic mass is 19.1. The molecule has 0 spiro atoms. The highest BCUT2D eigenvalue weighted by Gasteiger charge is 2.36. The van der Waals surface area contributed by atoms with E-state index in [-0.39, 0.29) is 11.9 Å². The molecule has 2 saturated heterocycles. The van der Waals surface area contributed by atoms with Gasteiger partial charge in [0, 0.05) is 25.7 Å². The smallest absolute Gasteiger partial charge is 0.123 e. The van der Waals surface area contributed by atoms with Gasteiger partial charge in [0.05, 0.1) is 12.2 Å². The average molecular weight is 250 g/mol. The molecule has 1 aromatic carbocycles. The topological polar surface area (TPSA) is 38.5 Å². The second kappa shape index (κ2) is 4.96. The van der Waals surface area contributed by atoms with Gasteiger partial charge in [-0.3, -0.25) is 4.90 Å². The van der Waals surface area contributed by atoms with Crippen LogP contribution in [0.5, 0.6) is 0 Å². The van der Waals surface area contributed by atoms with Gasteiger partial charge in [0.2, 0.25) is 0 Å². The third kappa shape index (κ3) is 2.28. The number of ether oxygens (including phenoxy) is 1. The fraction of sp³-hybridized carbons (Fsp3) is 0.571. The molecule has 2 fully saturated rings. The number of nitrogens with zero attached hydrogens (tertiary/aromatic N) is 1. The molecule has 2 heterocycles. The molecular weight excluding hydrogens is 231 g/mol. The normalized spacial score (nSPS) is 29.4. The SMILES string of the molecule is NCC(c1cccc(F)c1)N1CC2CCC(C1)O2. The summed E-state index contributed by atoms with van der Waals surface area (Å²) < 4.78 is 19.1. The minimum absolute atomic E-state index is 0.104. The number of hydrogen-bond acceptors (Lipinski definition) is 3. The van der Waals surface area contributed by atoms with E-state index in [1.54, 1.807) is 12.1 Å². The van der Waals surface area contributed by atoms with E-state index in [2.05, 4.69) is 4.90 Å². The Morgan fingerprint density at radius 1 is 1.33 bits per heavy atom. The van der Waals surface area contributed by atoms with Crippen LogP contribution in [0, 0.1) is 5.82 Å². The summed E-state index contributed by atoms with van der Waals surface area (Å²) in [5.74, 6) is -0.192. The summed E-state index contributed by atoms with van der Waals surface area (Å²) in [6.07, 6.45) is 2.96. The van der Waals surface area contributed by atoms with Crippen LogP contribution in [-0.4, -0.2) is 36.7 Å². The molecule has 1 aromatic rings. The molecule has 98 valence electrons. The quantitative estimate of drug-likeness (QED) is 0.887. The molecule has 2 aliphatic rings. The summed E-state index contributed by atoms with van der Waals surface area (Å²) in [6, 6.07) is 6.88. The molecule has 2 N–H and O–H groups in total. The first-order valence-corrected chi connectivity index (χ1v) is 6.61. The van der Waals surface area contributed by atoms with Crippen molar-refractivity contribution in [3.63, 3.8) is 0 Å². The second-order valence-electron chi connectivity index (χ2n) is 5.22. The van der Waals surface area contributed by atoms with Crippen LogP contribution in [0.3, 0.4) is 0 Å². The molecule has 0 aromatic heterocycles. The lowest BCUT2D eigenvalue weighted by Crippen LogP contribution is -2.46. The summed E-state index contributed by atoms with van der Waals surface area (Å²) in [4.78, 5) is 2.35. The molecule has 0 saturated carbocycles. The molecule has 2 bridgehead atoms. The van der Waals surface area contributed by atoms with Gasteiger partial charge in [0.1, 0.15) is 5.82 Å². The number of halogens is 1. The molecule has 3 rings (SSSR count). The largest absolute Gasteiger partial charge is 0.372 e. The van der Waals surface area contributed by atoms with Crippen molar-refractivity contribution in [2.75, 3.05) is 19.6 Å². The molecule has 3 unspecified atom stereocenters. The number of likely N-dealkylation sites (tertiary alicyclic amines) is 1. The molecule has 0 radical (unpaired) electrons. The Morgan fingerprint density at radius 3 is 2.67 bits per heavy atom. The highest BCUT2D eigenvalue weighted by Crippen LogP contribution is 2.31. The molecule has 18 heavy (non-hydrogen) atoms. The zero-order valence-electron chi connectivity index (χ0n) is 10.4. The van der Waals surface area contributed by atoms with Crippen molar-refractivity contribution in [2.24, 2.45) is 5.73 Å². The van der Waals surface area contributed by atoms with E-state index in [1.165, 1.54) is 6.07 Å². The number of hydrogen-bond donors (Lipinski definition) is 1. The molecule has 0 amide bonds. The fourth-order valence-electron chi connectivity index (χ4n) is 3.11. The van der Waals surface area contributed by atoms with Crippen LogP contribution in [0.15, 0.2) is 24.3 Å². The summed E-state index contributed by atoms with van der Waals surface area (Å²) in [5, 5.41) is 0. The lowest BCUT2D eigenvalue weighted by Gasteiger charge is -2.37. The maximum atomic E-state index is 13.3. The van der Waals surface area contributed by atoms with E-state index in [1.807, 2.05) is 6.07 Å². The second-order valence-corrected chi connectivity index (χ2v) is 5.22. The Bertz CT molecular complexity index is 414. The molecule has 3 nitrogen and oxygen atoms in total. The Hall–Kier alpha value is -0.970. The standard InChI is InChI=1S/C14H19FN2O/c15-11-3-1-2-10(6-11)14(7-16)17-8-12-4-5-13(9-17)18-12/h1-3,6,12-14H,4-5,7-9,16H2. The zero-order valence-corrected chi connectivity index (χ0v) is 10.4. The van der Waals surface area contributed by atoms with Gasteiger partial charge in [0.25, 0.3) is 0 Å².